The molecule has 0 bridgehead atoms. The molecule has 0 unspecified atom stereocenters. The van der Waals surface area contributed by atoms with Crippen molar-refractivity contribution in [3.8, 4) is 0 Å². The normalized spacial score (nSPS) is 17.2. The molecule has 0 amide bonds. The van der Waals surface area contributed by atoms with E-state index in [-0.39, 0.29) is 18.3 Å². The number of nitrogens with zero attached hydrogens (tertiary/aromatic N) is 1. The first-order valence-corrected chi connectivity index (χ1v) is 7.30. The molecule has 0 saturated carbocycles. The Hall–Kier alpha value is -0.920. The molecule has 2 rings (SSSR count). The maximum absolute atomic E-state index is 14.1. The largest absolute Gasteiger partial charge is 0.314 e. The molecule has 8 heteroatoms. The minimum absolute atomic E-state index is 0. The van der Waals surface area contributed by atoms with Gasteiger partial charge in [-0.1, -0.05) is 13.8 Å². The van der Waals surface area contributed by atoms with E-state index >= 15 is 0 Å². The van der Waals surface area contributed by atoms with Crippen LogP contribution in [0.5, 0.6) is 0 Å². The lowest BCUT2D eigenvalue weighted by Gasteiger charge is -2.36. The highest BCUT2D eigenvalue weighted by atomic mass is 35.5. The summed E-state index contributed by atoms with van der Waals surface area (Å²) in [6.07, 6.45) is 0.318. The highest BCUT2D eigenvalue weighted by Crippen LogP contribution is 2.35. The standard InChI is InChI=1S/C15H19F5N2.ClH/c1-8(2)7-9(22-5-3-21-4-6-22)10-11(16)13(18)15(20)14(19)12(10)17;/h8-9,21H,3-7H2,1-2H3;1H/t9-;/m0./s1. The molecule has 1 aromatic carbocycles. The minimum atomic E-state index is -2.11. The van der Waals surface area contributed by atoms with Crippen LogP contribution >= 0.6 is 12.4 Å². The van der Waals surface area contributed by atoms with E-state index in [1.54, 1.807) is 4.90 Å². The molecule has 1 saturated heterocycles. The van der Waals surface area contributed by atoms with Gasteiger partial charge in [0.05, 0.1) is 0 Å². The number of hydrogen-bond donors (Lipinski definition) is 1. The number of piperazine rings is 1. The van der Waals surface area contributed by atoms with Crippen molar-refractivity contribution >= 4 is 12.4 Å². The van der Waals surface area contributed by atoms with Crippen molar-refractivity contribution < 1.29 is 22.0 Å². The highest BCUT2D eigenvalue weighted by Gasteiger charge is 2.34. The smallest absolute Gasteiger partial charge is 0.200 e. The molecule has 0 aromatic heterocycles. The number of halogens is 6. The lowest BCUT2D eigenvalue weighted by molar-refractivity contribution is 0.145. The zero-order chi connectivity index (χ0) is 16.4. The monoisotopic (exact) mass is 358 g/mol. The van der Waals surface area contributed by atoms with Crippen molar-refractivity contribution in [1.29, 1.82) is 0 Å². The van der Waals surface area contributed by atoms with Crippen molar-refractivity contribution in [2.45, 2.75) is 26.3 Å². The molecule has 132 valence electrons. The van der Waals surface area contributed by atoms with Gasteiger partial charge in [0.25, 0.3) is 0 Å². The molecule has 0 radical (unpaired) electrons. The fourth-order valence-electron chi connectivity index (χ4n) is 2.80. The van der Waals surface area contributed by atoms with Crippen molar-refractivity contribution in [2.24, 2.45) is 5.92 Å². The molecule has 2 nitrogen and oxygen atoms in total. The summed E-state index contributed by atoms with van der Waals surface area (Å²) >= 11 is 0. The van der Waals surface area contributed by atoms with Gasteiger partial charge in [-0.3, -0.25) is 4.90 Å². The molecule has 0 spiro atoms. The number of benzene rings is 1. The Morgan fingerprint density at radius 1 is 0.870 bits per heavy atom. The Kier molecular flexibility index (Phi) is 7.23. The second-order valence-electron chi connectivity index (χ2n) is 5.91. The van der Waals surface area contributed by atoms with Gasteiger partial charge in [0.2, 0.25) is 5.82 Å². The number of hydrogen-bond acceptors (Lipinski definition) is 2. The Labute approximate surface area is 138 Å². The van der Waals surface area contributed by atoms with Gasteiger partial charge in [0.15, 0.2) is 23.3 Å². The van der Waals surface area contributed by atoms with Crippen LogP contribution in [0.25, 0.3) is 0 Å². The average molecular weight is 359 g/mol. The molecule has 1 aliphatic rings. The lowest BCUT2D eigenvalue weighted by Crippen LogP contribution is -2.46. The van der Waals surface area contributed by atoms with Crippen LogP contribution < -0.4 is 5.32 Å². The van der Waals surface area contributed by atoms with E-state index in [1.165, 1.54) is 0 Å². The van der Waals surface area contributed by atoms with E-state index < -0.39 is 40.7 Å². The lowest BCUT2D eigenvalue weighted by atomic mass is 9.93. The fraction of sp³-hybridized carbons (Fsp3) is 0.600. The van der Waals surface area contributed by atoms with Gasteiger partial charge in [-0.25, -0.2) is 22.0 Å². The van der Waals surface area contributed by atoms with E-state index in [0.29, 0.717) is 32.6 Å². The van der Waals surface area contributed by atoms with Crippen molar-refractivity contribution in [1.82, 2.24) is 10.2 Å². The predicted octanol–water partition coefficient (Wildman–Crippen LogP) is 3.80. The van der Waals surface area contributed by atoms with Crippen LogP contribution in [0.15, 0.2) is 0 Å². The molecule has 1 N–H and O–H groups in total. The molecule has 1 aliphatic heterocycles. The minimum Gasteiger partial charge on any atom is -0.314 e. The number of rotatable bonds is 4. The Balaban J connectivity index is 0.00000264. The molecular weight excluding hydrogens is 339 g/mol. The van der Waals surface area contributed by atoms with E-state index in [4.69, 9.17) is 0 Å². The summed E-state index contributed by atoms with van der Waals surface area (Å²) in [5, 5.41) is 3.10. The molecule has 1 heterocycles. The highest BCUT2D eigenvalue weighted by molar-refractivity contribution is 5.85. The van der Waals surface area contributed by atoms with E-state index in [2.05, 4.69) is 5.32 Å². The van der Waals surface area contributed by atoms with Crippen LogP contribution in [0, 0.1) is 35.0 Å². The van der Waals surface area contributed by atoms with E-state index in [9.17, 15) is 22.0 Å². The first-order chi connectivity index (χ1) is 10.3. The van der Waals surface area contributed by atoms with Gasteiger partial charge in [0, 0.05) is 37.8 Å². The van der Waals surface area contributed by atoms with E-state index in [0.717, 1.165) is 0 Å². The van der Waals surface area contributed by atoms with Crippen LogP contribution in [0.3, 0.4) is 0 Å². The molecule has 1 aromatic rings. The average Bonchev–Trinajstić information content (AvgIpc) is 2.50. The van der Waals surface area contributed by atoms with Gasteiger partial charge in [-0.05, 0) is 12.3 Å². The maximum atomic E-state index is 14.1. The molecule has 1 atom stereocenters. The summed E-state index contributed by atoms with van der Waals surface area (Å²) in [6, 6.07) is -0.827. The van der Waals surface area contributed by atoms with Gasteiger partial charge in [-0.2, -0.15) is 0 Å². The third kappa shape index (κ3) is 4.14. The number of nitrogens with one attached hydrogen (secondary N) is 1. The quantitative estimate of drug-likeness (QED) is 0.500. The third-order valence-electron chi connectivity index (χ3n) is 3.86. The van der Waals surface area contributed by atoms with Gasteiger partial charge in [0.1, 0.15) is 0 Å². The fourth-order valence-corrected chi connectivity index (χ4v) is 2.80. The van der Waals surface area contributed by atoms with Crippen molar-refractivity contribution in [3.05, 3.63) is 34.6 Å². The molecule has 0 aliphatic carbocycles. The summed E-state index contributed by atoms with van der Waals surface area (Å²) in [5.74, 6) is -9.26. The van der Waals surface area contributed by atoms with Gasteiger partial charge >= 0.3 is 0 Å². The second kappa shape index (κ2) is 8.26. The van der Waals surface area contributed by atoms with Crippen LogP contribution in [0.4, 0.5) is 22.0 Å². The Morgan fingerprint density at radius 3 is 1.74 bits per heavy atom. The summed E-state index contributed by atoms with van der Waals surface area (Å²) in [7, 11) is 0. The van der Waals surface area contributed by atoms with Crippen LogP contribution in [0.2, 0.25) is 0 Å². The summed E-state index contributed by atoms with van der Waals surface area (Å²) < 4.78 is 68.4. The summed E-state index contributed by atoms with van der Waals surface area (Å²) in [4.78, 5) is 1.77. The van der Waals surface area contributed by atoms with Crippen LogP contribution in [-0.4, -0.2) is 31.1 Å². The Bertz CT molecular complexity index is 518. The molecule has 23 heavy (non-hydrogen) atoms. The molecule has 1 fully saturated rings. The maximum Gasteiger partial charge on any atom is 0.200 e. The van der Waals surface area contributed by atoms with Gasteiger partial charge < -0.3 is 5.32 Å². The Morgan fingerprint density at radius 2 is 1.30 bits per heavy atom. The SMILES string of the molecule is CC(C)C[C@@H](c1c(F)c(F)c(F)c(F)c1F)N1CCNCC1.Cl. The summed E-state index contributed by atoms with van der Waals surface area (Å²) in [5.41, 5.74) is -0.716. The van der Waals surface area contributed by atoms with Crippen molar-refractivity contribution in [2.75, 3.05) is 26.2 Å². The second-order valence-corrected chi connectivity index (χ2v) is 5.91. The predicted molar refractivity (Wildman–Crippen MR) is 80.1 cm³/mol. The first-order valence-electron chi connectivity index (χ1n) is 7.30. The topological polar surface area (TPSA) is 15.3 Å². The van der Waals surface area contributed by atoms with Crippen molar-refractivity contribution in [3.63, 3.8) is 0 Å². The summed E-state index contributed by atoms with van der Waals surface area (Å²) in [6.45, 7) is 5.92. The van der Waals surface area contributed by atoms with Crippen LogP contribution in [0.1, 0.15) is 31.9 Å². The third-order valence-corrected chi connectivity index (χ3v) is 3.86. The first kappa shape index (κ1) is 20.1. The van der Waals surface area contributed by atoms with E-state index in [1.807, 2.05) is 13.8 Å². The zero-order valence-electron chi connectivity index (χ0n) is 12.9. The molecular formula is C15H20ClF5N2. The van der Waals surface area contributed by atoms with Gasteiger partial charge in [-0.15, -0.1) is 12.4 Å². The van der Waals surface area contributed by atoms with Crippen LogP contribution in [-0.2, 0) is 0 Å². The zero-order valence-corrected chi connectivity index (χ0v) is 13.8.